The summed E-state index contributed by atoms with van der Waals surface area (Å²) in [7, 11) is 0. The normalized spacial score (nSPS) is 10.6. The zero-order valence-electron chi connectivity index (χ0n) is 15.0. The Labute approximate surface area is 156 Å². The zero-order valence-corrected chi connectivity index (χ0v) is 15.0. The van der Waals surface area contributed by atoms with Gasteiger partial charge in [-0.25, -0.2) is 4.79 Å². The lowest BCUT2D eigenvalue weighted by atomic mass is 10.0. The maximum Gasteiger partial charge on any atom is 0.320 e. The van der Waals surface area contributed by atoms with E-state index in [4.69, 9.17) is 5.73 Å². The van der Waals surface area contributed by atoms with Crippen molar-refractivity contribution < 1.29 is 9.59 Å². The number of fused-ring (bicyclic) bond motifs is 1. The van der Waals surface area contributed by atoms with E-state index >= 15 is 0 Å². The number of hydrogen-bond donors (Lipinski definition) is 5. The fourth-order valence-electron chi connectivity index (χ4n) is 2.73. The molecule has 0 aliphatic rings. The number of aromatic amines is 1. The van der Waals surface area contributed by atoms with Crippen LogP contribution in [0.4, 0.5) is 16.3 Å². The van der Waals surface area contributed by atoms with Gasteiger partial charge in [-0.15, -0.1) is 0 Å². The first kappa shape index (κ1) is 18.4. The fraction of sp³-hybridized carbons (Fsp3) is 0.211. The number of H-pyrrole nitrogens is 1. The van der Waals surface area contributed by atoms with Crippen molar-refractivity contribution in [3.8, 4) is 11.1 Å². The van der Waals surface area contributed by atoms with Crippen molar-refractivity contribution in [3.05, 3.63) is 42.5 Å². The maximum absolute atomic E-state index is 11.9. The first-order chi connectivity index (χ1) is 13.1. The average Bonchev–Trinajstić information content (AvgIpc) is 3.03. The van der Waals surface area contributed by atoms with Gasteiger partial charge in [0.2, 0.25) is 5.91 Å². The summed E-state index contributed by atoms with van der Waals surface area (Å²) in [5, 5.41) is 16.2. The second kappa shape index (κ2) is 8.33. The van der Waals surface area contributed by atoms with Crippen LogP contribution in [0.25, 0.3) is 22.0 Å². The van der Waals surface area contributed by atoms with Gasteiger partial charge >= 0.3 is 6.03 Å². The van der Waals surface area contributed by atoms with Gasteiger partial charge < -0.3 is 16.4 Å². The van der Waals surface area contributed by atoms with Gasteiger partial charge in [-0.3, -0.25) is 15.2 Å². The average molecular weight is 366 g/mol. The molecule has 0 radical (unpaired) electrons. The molecule has 0 fully saturated rings. The van der Waals surface area contributed by atoms with Crippen LogP contribution in [-0.2, 0) is 4.79 Å². The van der Waals surface area contributed by atoms with Gasteiger partial charge in [-0.2, -0.15) is 5.10 Å². The molecule has 0 spiro atoms. The van der Waals surface area contributed by atoms with Gasteiger partial charge in [-0.1, -0.05) is 18.2 Å². The SMILES string of the molecule is CC(=O)Nc1cccc(-c2ccc3c(NC(=O)NCCCN)n[nH]c3c2)c1. The molecule has 8 nitrogen and oxygen atoms in total. The van der Waals surface area contributed by atoms with E-state index < -0.39 is 0 Å². The maximum atomic E-state index is 11.9. The van der Waals surface area contributed by atoms with Gasteiger partial charge in [0.15, 0.2) is 5.82 Å². The van der Waals surface area contributed by atoms with Gasteiger partial charge in [0.05, 0.1) is 5.52 Å². The molecule has 3 aromatic rings. The van der Waals surface area contributed by atoms with Crippen LogP contribution in [0.15, 0.2) is 42.5 Å². The summed E-state index contributed by atoms with van der Waals surface area (Å²) in [4.78, 5) is 23.1. The summed E-state index contributed by atoms with van der Waals surface area (Å²) in [6.07, 6.45) is 0.718. The highest BCUT2D eigenvalue weighted by molar-refractivity contribution is 6.00. The van der Waals surface area contributed by atoms with Crippen LogP contribution in [0.3, 0.4) is 0 Å². The molecule has 8 heteroatoms. The summed E-state index contributed by atoms with van der Waals surface area (Å²) in [5.41, 5.74) is 8.88. The van der Waals surface area contributed by atoms with Gasteiger partial charge in [0.1, 0.15) is 0 Å². The molecule has 6 N–H and O–H groups in total. The number of aromatic nitrogens is 2. The Hall–Kier alpha value is -3.39. The Balaban J connectivity index is 1.79. The van der Waals surface area contributed by atoms with E-state index in [0.29, 0.717) is 18.9 Å². The van der Waals surface area contributed by atoms with Crippen LogP contribution in [-0.4, -0.2) is 35.2 Å². The highest BCUT2D eigenvalue weighted by Gasteiger charge is 2.10. The van der Waals surface area contributed by atoms with E-state index in [1.54, 1.807) is 0 Å². The van der Waals surface area contributed by atoms with Crippen molar-refractivity contribution in [2.75, 3.05) is 23.7 Å². The molecular weight excluding hydrogens is 344 g/mol. The molecule has 0 unspecified atom stereocenters. The monoisotopic (exact) mass is 366 g/mol. The lowest BCUT2D eigenvalue weighted by molar-refractivity contribution is -0.114. The number of carbonyl (C=O) groups excluding carboxylic acids is 2. The van der Waals surface area contributed by atoms with E-state index in [9.17, 15) is 9.59 Å². The molecule has 0 aliphatic heterocycles. The summed E-state index contributed by atoms with van der Waals surface area (Å²) in [6.45, 7) is 2.51. The van der Waals surface area contributed by atoms with E-state index in [-0.39, 0.29) is 11.9 Å². The molecule has 3 rings (SSSR count). The van der Waals surface area contributed by atoms with Crippen LogP contribution in [0.1, 0.15) is 13.3 Å². The number of amides is 3. The van der Waals surface area contributed by atoms with Gasteiger partial charge in [0.25, 0.3) is 0 Å². The first-order valence-electron chi connectivity index (χ1n) is 8.68. The molecule has 0 atom stereocenters. The van der Waals surface area contributed by atoms with Crippen molar-refractivity contribution in [2.45, 2.75) is 13.3 Å². The molecule has 0 saturated heterocycles. The Morgan fingerprint density at radius 3 is 2.70 bits per heavy atom. The molecule has 27 heavy (non-hydrogen) atoms. The molecule has 2 aromatic carbocycles. The van der Waals surface area contributed by atoms with Gasteiger partial charge in [0, 0.05) is 24.5 Å². The number of anilines is 2. The number of benzene rings is 2. The second-order valence-electron chi connectivity index (χ2n) is 6.12. The Kier molecular flexibility index (Phi) is 5.68. The quantitative estimate of drug-likeness (QED) is 0.430. The van der Waals surface area contributed by atoms with Crippen molar-refractivity contribution >= 4 is 34.3 Å². The van der Waals surface area contributed by atoms with E-state index in [1.165, 1.54) is 6.92 Å². The van der Waals surface area contributed by atoms with Gasteiger partial charge in [-0.05, 0) is 48.4 Å². The molecule has 0 saturated carbocycles. The lowest BCUT2D eigenvalue weighted by Gasteiger charge is -2.07. The number of hydrogen-bond acceptors (Lipinski definition) is 4. The second-order valence-corrected chi connectivity index (χ2v) is 6.12. The number of nitrogens with one attached hydrogen (secondary N) is 4. The smallest absolute Gasteiger partial charge is 0.320 e. The van der Waals surface area contributed by atoms with Crippen molar-refractivity contribution in [2.24, 2.45) is 5.73 Å². The fourth-order valence-corrected chi connectivity index (χ4v) is 2.73. The zero-order chi connectivity index (χ0) is 19.2. The topological polar surface area (TPSA) is 125 Å². The molecular formula is C19H22N6O2. The number of nitrogens with two attached hydrogens (primary N) is 1. The van der Waals surface area contributed by atoms with Crippen molar-refractivity contribution in [3.63, 3.8) is 0 Å². The molecule has 1 aromatic heterocycles. The number of nitrogens with zero attached hydrogens (tertiary/aromatic N) is 1. The van der Waals surface area contributed by atoms with Crippen LogP contribution in [0, 0.1) is 0 Å². The molecule has 140 valence electrons. The van der Waals surface area contributed by atoms with E-state index in [2.05, 4.69) is 26.1 Å². The Bertz CT molecular complexity index is 966. The van der Waals surface area contributed by atoms with Crippen LogP contribution >= 0.6 is 0 Å². The summed E-state index contributed by atoms with van der Waals surface area (Å²) < 4.78 is 0. The minimum absolute atomic E-state index is 0.114. The summed E-state index contributed by atoms with van der Waals surface area (Å²) >= 11 is 0. The predicted octanol–water partition coefficient (Wildman–Crippen LogP) is 2.66. The first-order valence-corrected chi connectivity index (χ1v) is 8.68. The third-order valence-corrected chi connectivity index (χ3v) is 3.98. The largest absolute Gasteiger partial charge is 0.338 e. The molecule has 3 amide bonds. The molecule has 0 aliphatic carbocycles. The van der Waals surface area contributed by atoms with Crippen LogP contribution < -0.4 is 21.7 Å². The summed E-state index contributed by atoms with van der Waals surface area (Å²) in [5.74, 6) is 0.352. The van der Waals surface area contributed by atoms with E-state index in [0.717, 1.165) is 34.1 Å². The third-order valence-electron chi connectivity index (χ3n) is 3.98. The Morgan fingerprint density at radius 1 is 1.11 bits per heavy atom. The van der Waals surface area contributed by atoms with Crippen molar-refractivity contribution in [1.29, 1.82) is 0 Å². The molecule has 1 heterocycles. The third kappa shape index (κ3) is 4.62. The number of carbonyl (C=O) groups is 2. The minimum atomic E-state index is -0.316. The lowest BCUT2D eigenvalue weighted by Crippen LogP contribution is -2.30. The van der Waals surface area contributed by atoms with Crippen LogP contribution in [0.5, 0.6) is 0 Å². The van der Waals surface area contributed by atoms with E-state index in [1.807, 2.05) is 42.5 Å². The standard InChI is InChI=1S/C19H22N6O2/c1-12(26)22-15-5-2-4-13(10-15)14-6-7-16-17(11-14)24-25-18(16)23-19(27)21-9-3-8-20/h2,4-7,10-11H,3,8-9,20H2,1H3,(H,22,26)(H3,21,23,24,25,27). The highest BCUT2D eigenvalue weighted by Crippen LogP contribution is 2.28. The minimum Gasteiger partial charge on any atom is -0.338 e. The number of urea groups is 1. The summed E-state index contributed by atoms with van der Waals surface area (Å²) in [6, 6.07) is 13.1. The molecule has 0 bridgehead atoms. The predicted molar refractivity (Wildman–Crippen MR) is 107 cm³/mol. The van der Waals surface area contributed by atoms with Crippen LogP contribution in [0.2, 0.25) is 0 Å². The van der Waals surface area contributed by atoms with Crippen molar-refractivity contribution in [1.82, 2.24) is 15.5 Å². The highest BCUT2D eigenvalue weighted by atomic mass is 16.2. The number of rotatable bonds is 6. The Morgan fingerprint density at radius 2 is 1.93 bits per heavy atom.